The van der Waals surface area contributed by atoms with Crippen LogP contribution in [0.1, 0.15) is 28.3 Å². The van der Waals surface area contributed by atoms with Gasteiger partial charge in [0.2, 0.25) is 0 Å². The van der Waals surface area contributed by atoms with Crippen molar-refractivity contribution in [2.75, 3.05) is 13.6 Å². The van der Waals surface area contributed by atoms with Crippen molar-refractivity contribution in [3.8, 4) is 17.9 Å². The van der Waals surface area contributed by atoms with Gasteiger partial charge in [0.05, 0.1) is 18.1 Å². The van der Waals surface area contributed by atoms with Crippen LogP contribution in [0.3, 0.4) is 0 Å². The minimum absolute atomic E-state index is 0.119. The van der Waals surface area contributed by atoms with E-state index in [1.54, 1.807) is 43.4 Å². The van der Waals surface area contributed by atoms with Crippen molar-refractivity contribution < 1.29 is 13.9 Å². The Morgan fingerprint density at radius 3 is 2.78 bits per heavy atom. The summed E-state index contributed by atoms with van der Waals surface area (Å²) in [4.78, 5) is 13.5. The number of rotatable bonds is 6. The fourth-order valence-electron chi connectivity index (χ4n) is 1.91. The van der Waals surface area contributed by atoms with Gasteiger partial charge in [0.1, 0.15) is 24.2 Å². The summed E-state index contributed by atoms with van der Waals surface area (Å²) >= 11 is 0. The summed E-state index contributed by atoms with van der Waals surface area (Å²) in [7, 11) is 1.61. The maximum atomic E-state index is 12.1. The molecule has 116 valence electrons. The van der Waals surface area contributed by atoms with Crippen molar-refractivity contribution in [1.29, 1.82) is 10.5 Å². The van der Waals surface area contributed by atoms with E-state index in [1.807, 2.05) is 12.1 Å². The molecule has 1 amide bonds. The van der Waals surface area contributed by atoms with Gasteiger partial charge in [-0.2, -0.15) is 10.5 Å². The van der Waals surface area contributed by atoms with E-state index >= 15 is 0 Å². The average Bonchev–Trinajstić information content (AvgIpc) is 3.06. The number of nitrogens with zero attached hydrogens (tertiary/aromatic N) is 3. The SMILES string of the molecule is CN(CCC#N)C(=O)c1ccc(COc2ccccc2C#N)o1. The van der Waals surface area contributed by atoms with Gasteiger partial charge in [0.25, 0.3) is 5.91 Å². The molecule has 6 heteroatoms. The first-order chi connectivity index (χ1) is 11.2. The monoisotopic (exact) mass is 309 g/mol. The van der Waals surface area contributed by atoms with Crippen LogP contribution in [0.4, 0.5) is 0 Å². The van der Waals surface area contributed by atoms with Crippen LogP contribution in [0.5, 0.6) is 5.75 Å². The second-order valence-electron chi connectivity index (χ2n) is 4.80. The summed E-state index contributed by atoms with van der Waals surface area (Å²) in [6, 6.07) is 14.2. The van der Waals surface area contributed by atoms with E-state index in [4.69, 9.17) is 19.7 Å². The molecular formula is C17H15N3O3. The predicted octanol–water partition coefficient (Wildman–Crippen LogP) is 2.72. The van der Waals surface area contributed by atoms with Crippen molar-refractivity contribution in [2.24, 2.45) is 0 Å². The normalized spacial score (nSPS) is 9.70. The number of carbonyl (C=O) groups is 1. The number of nitriles is 2. The summed E-state index contributed by atoms with van der Waals surface area (Å²) in [6.07, 6.45) is 0.268. The smallest absolute Gasteiger partial charge is 0.289 e. The van der Waals surface area contributed by atoms with Gasteiger partial charge in [0, 0.05) is 13.6 Å². The predicted molar refractivity (Wildman–Crippen MR) is 81.4 cm³/mol. The number of furan rings is 1. The zero-order chi connectivity index (χ0) is 16.7. The number of hydrogen-bond acceptors (Lipinski definition) is 5. The molecule has 0 bridgehead atoms. The van der Waals surface area contributed by atoms with Crippen molar-refractivity contribution in [2.45, 2.75) is 13.0 Å². The lowest BCUT2D eigenvalue weighted by Crippen LogP contribution is -2.27. The molecule has 0 radical (unpaired) electrons. The van der Waals surface area contributed by atoms with E-state index in [0.29, 0.717) is 23.6 Å². The molecule has 0 spiro atoms. The highest BCUT2D eigenvalue weighted by atomic mass is 16.5. The highest BCUT2D eigenvalue weighted by Crippen LogP contribution is 2.19. The van der Waals surface area contributed by atoms with Gasteiger partial charge in [0.15, 0.2) is 5.76 Å². The third-order valence-corrected chi connectivity index (χ3v) is 3.16. The second kappa shape index (κ2) is 7.67. The van der Waals surface area contributed by atoms with Crippen LogP contribution in [0.25, 0.3) is 0 Å². The molecule has 2 rings (SSSR count). The van der Waals surface area contributed by atoms with E-state index in [0.717, 1.165) is 0 Å². The Morgan fingerprint density at radius 2 is 2.04 bits per heavy atom. The summed E-state index contributed by atoms with van der Waals surface area (Å²) < 4.78 is 11.0. The third kappa shape index (κ3) is 4.12. The largest absolute Gasteiger partial charge is 0.484 e. The molecule has 1 aromatic carbocycles. The topological polar surface area (TPSA) is 90.3 Å². The first kappa shape index (κ1) is 16.1. The molecule has 0 unspecified atom stereocenters. The Balaban J connectivity index is 1.99. The molecule has 1 heterocycles. The average molecular weight is 309 g/mol. The minimum atomic E-state index is -0.288. The highest BCUT2D eigenvalue weighted by Gasteiger charge is 2.16. The van der Waals surface area contributed by atoms with Crippen molar-refractivity contribution in [3.05, 3.63) is 53.5 Å². The van der Waals surface area contributed by atoms with Gasteiger partial charge in [-0.15, -0.1) is 0 Å². The molecule has 6 nitrogen and oxygen atoms in total. The van der Waals surface area contributed by atoms with Crippen LogP contribution in [0.15, 0.2) is 40.8 Å². The third-order valence-electron chi connectivity index (χ3n) is 3.16. The summed E-state index contributed by atoms with van der Waals surface area (Å²) in [5.41, 5.74) is 0.437. The lowest BCUT2D eigenvalue weighted by Gasteiger charge is -2.13. The van der Waals surface area contributed by atoms with Gasteiger partial charge >= 0.3 is 0 Å². The van der Waals surface area contributed by atoms with Gasteiger partial charge < -0.3 is 14.1 Å². The number of carbonyl (C=O) groups excluding carboxylic acids is 1. The minimum Gasteiger partial charge on any atom is -0.484 e. The van der Waals surface area contributed by atoms with Crippen LogP contribution in [-0.4, -0.2) is 24.4 Å². The zero-order valence-electron chi connectivity index (χ0n) is 12.7. The van der Waals surface area contributed by atoms with E-state index < -0.39 is 0 Å². The van der Waals surface area contributed by atoms with E-state index in [2.05, 4.69) is 0 Å². The number of amides is 1. The standard InChI is InChI=1S/C17H15N3O3/c1-20(10-4-9-18)17(21)16-8-7-14(23-16)12-22-15-6-3-2-5-13(15)11-19/h2-3,5-8H,4,10,12H2,1H3. The first-order valence-corrected chi connectivity index (χ1v) is 6.98. The molecule has 1 aromatic heterocycles. The van der Waals surface area contributed by atoms with Crippen molar-refractivity contribution in [3.63, 3.8) is 0 Å². The van der Waals surface area contributed by atoms with Crippen molar-refractivity contribution in [1.82, 2.24) is 4.90 Å². The first-order valence-electron chi connectivity index (χ1n) is 6.98. The maximum Gasteiger partial charge on any atom is 0.289 e. The molecule has 0 aliphatic carbocycles. The Morgan fingerprint density at radius 1 is 1.26 bits per heavy atom. The Hall–Kier alpha value is -3.25. The Kier molecular flexibility index (Phi) is 5.38. The molecule has 2 aromatic rings. The van der Waals surface area contributed by atoms with Crippen LogP contribution in [-0.2, 0) is 6.61 Å². The van der Waals surface area contributed by atoms with E-state index in [-0.39, 0.29) is 24.7 Å². The van der Waals surface area contributed by atoms with Crippen LogP contribution < -0.4 is 4.74 Å². The summed E-state index contributed by atoms with van der Waals surface area (Å²) in [5.74, 6) is 0.849. The molecular weight excluding hydrogens is 294 g/mol. The molecule has 0 saturated heterocycles. The molecule has 0 aliphatic heterocycles. The van der Waals surface area contributed by atoms with Crippen LogP contribution in [0.2, 0.25) is 0 Å². The molecule has 0 saturated carbocycles. The molecule has 0 aliphatic rings. The van der Waals surface area contributed by atoms with Gasteiger partial charge in [-0.05, 0) is 24.3 Å². The molecule has 0 N–H and O–H groups in total. The second-order valence-corrected chi connectivity index (χ2v) is 4.80. The number of benzene rings is 1. The van der Waals surface area contributed by atoms with E-state index in [1.165, 1.54) is 4.90 Å². The van der Waals surface area contributed by atoms with Gasteiger partial charge in [-0.3, -0.25) is 4.79 Å². The van der Waals surface area contributed by atoms with Crippen molar-refractivity contribution >= 4 is 5.91 Å². The summed E-state index contributed by atoms with van der Waals surface area (Å²) in [6.45, 7) is 0.464. The summed E-state index contributed by atoms with van der Waals surface area (Å²) in [5, 5.41) is 17.5. The molecule has 0 atom stereocenters. The Labute approximate surface area is 134 Å². The fraction of sp³-hybridized carbons (Fsp3) is 0.235. The van der Waals surface area contributed by atoms with Gasteiger partial charge in [-0.25, -0.2) is 0 Å². The number of hydrogen-bond donors (Lipinski definition) is 0. The number of para-hydroxylation sites is 1. The maximum absolute atomic E-state index is 12.1. The number of ether oxygens (including phenoxy) is 1. The fourth-order valence-corrected chi connectivity index (χ4v) is 1.91. The zero-order valence-corrected chi connectivity index (χ0v) is 12.7. The highest BCUT2D eigenvalue weighted by molar-refractivity contribution is 5.91. The van der Waals surface area contributed by atoms with Crippen LogP contribution >= 0.6 is 0 Å². The van der Waals surface area contributed by atoms with Crippen LogP contribution in [0, 0.1) is 22.7 Å². The Bertz CT molecular complexity index is 768. The molecule has 23 heavy (non-hydrogen) atoms. The van der Waals surface area contributed by atoms with E-state index in [9.17, 15) is 4.79 Å². The van der Waals surface area contributed by atoms with Gasteiger partial charge in [-0.1, -0.05) is 12.1 Å². The lowest BCUT2D eigenvalue weighted by atomic mass is 10.2. The quantitative estimate of drug-likeness (QED) is 0.818. The lowest BCUT2D eigenvalue weighted by molar-refractivity contribution is 0.0762. The molecule has 0 fully saturated rings.